The minimum Gasteiger partial charge on any atom is -0.367 e. The maximum atomic E-state index is 11.5. The van der Waals surface area contributed by atoms with Gasteiger partial charge in [0.15, 0.2) is 0 Å². The van der Waals surface area contributed by atoms with Gasteiger partial charge in [0, 0.05) is 37.1 Å². The second-order valence-electron chi connectivity index (χ2n) is 8.02. The predicted molar refractivity (Wildman–Crippen MR) is 127 cm³/mol. The lowest BCUT2D eigenvalue weighted by molar-refractivity contribution is -0.117. The highest BCUT2D eigenvalue weighted by Gasteiger charge is 2.27. The Morgan fingerprint density at radius 2 is 2.00 bits per heavy atom. The zero-order valence-corrected chi connectivity index (χ0v) is 18.3. The highest BCUT2D eigenvalue weighted by molar-refractivity contribution is 5.87. The minimum absolute atomic E-state index is 0.139. The second kappa shape index (κ2) is 8.28. The van der Waals surface area contributed by atoms with Crippen LogP contribution in [-0.4, -0.2) is 44.2 Å². The summed E-state index contributed by atoms with van der Waals surface area (Å²) in [6, 6.07) is 14.7. The summed E-state index contributed by atoms with van der Waals surface area (Å²) in [7, 11) is 0. The Hall–Kier alpha value is -4.38. The molecule has 5 rings (SSSR count). The number of hydrogen-bond acceptors (Lipinski definition) is 5. The summed E-state index contributed by atoms with van der Waals surface area (Å²) in [6.45, 7) is 7.87. The fourth-order valence-electron chi connectivity index (χ4n) is 4.14. The first kappa shape index (κ1) is 20.5. The molecule has 0 radical (unpaired) electrons. The normalized spacial score (nSPS) is 13.5. The molecule has 4 aromatic rings. The van der Waals surface area contributed by atoms with Gasteiger partial charge in [-0.1, -0.05) is 18.7 Å². The van der Waals surface area contributed by atoms with Crippen LogP contribution in [0.25, 0.3) is 28.0 Å². The van der Waals surface area contributed by atoms with Crippen molar-refractivity contribution < 1.29 is 4.79 Å². The predicted octanol–water partition coefficient (Wildman–Crippen LogP) is 3.25. The molecule has 33 heavy (non-hydrogen) atoms. The van der Waals surface area contributed by atoms with Crippen LogP contribution in [0.4, 0.5) is 5.69 Å². The fraction of sp³-hybridized carbons (Fsp3) is 0.200. The van der Waals surface area contributed by atoms with Crippen molar-refractivity contribution in [3.8, 4) is 28.5 Å². The number of aromatic nitrogens is 4. The molecule has 1 aliphatic rings. The maximum absolute atomic E-state index is 11.5. The van der Waals surface area contributed by atoms with E-state index in [9.17, 15) is 10.1 Å². The topological polar surface area (TPSA) is 91.2 Å². The third kappa shape index (κ3) is 3.74. The lowest BCUT2D eigenvalue weighted by Gasteiger charge is -2.41. The van der Waals surface area contributed by atoms with Crippen LogP contribution >= 0.6 is 0 Å². The van der Waals surface area contributed by atoms with Crippen LogP contribution in [0.3, 0.4) is 0 Å². The summed E-state index contributed by atoms with van der Waals surface area (Å²) in [4.78, 5) is 18.1. The van der Waals surface area contributed by atoms with Gasteiger partial charge >= 0.3 is 0 Å². The molecule has 1 aromatic carbocycles. The molecule has 1 aliphatic heterocycles. The van der Waals surface area contributed by atoms with E-state index in [0.29, 0.717) is 5.69 Å². The number of nitrogens with one attached hydrogen (secondary N) is 1. The summed E-state index contributed by atoms with van der Waals surface area (Å²) in [5.41, 5.74) is 6.18. The largest absolute Gasteiger partial charge is 0.367 e. The van der Waals surface area contributed by atoms with E-state index in [1.54, 1.807) is 6.20 Å². The summed E-state index contributed by atoms with van der Waals surface area (Å²) in [5.74, 6) is -0.142. The molecule has 8 nitrogen and oxygen atoms in total. The van der Waals surface area contributed by atoms with E-state index in [-0.39, 0.29) is 11.9 Å². The third-order valence-corrected chi connectivity index (χ3v) is 5.95. The molecule has 0 bridgehead atoms. The SMILES string of the molecule is C=CC(=O)NC1CN(c2ccc(-c3cc(-c4cnn(CC)c4)cc4ncc(C#N)n34)cc2)C1. The smallest absolute Gasteiger partial charge is 0.243 e. The number of nitrogens with zero attached hydrogens (tertiary/aromatic N) is 6. The molecule has 0 spiro atoms. The molecule has 1 fully saturated rings. The van der Waals surface area contributed by atoms with E-state index in [4.69, 9.17) is 0 Å². The van der Waals surface area contributed by atoms with Gasteiger partial charge in [0.05, 0.1) is 24.1 Å². The Bertz CT molecular complexity index is 1380. The number of benzene rings is 1. The number of rotatable bonds is 6. The maximum Gasteiger partial charge on any atom is 0.243 e. The molecule has 1 amide bonds. The molecule has 0 atom stereocenters. The Morgan fingerprint density at radius 3 is 2.67 bits per heavy atom. The van der Waals surface area contributed by atoms with Gasteiger partial charge in [-0.15, -0.1) is 0 Å². The van der Waals surface area contributed by atoms with Gasteiger partial charge in [0.1, 0.15) is 17.4 Å². The molecule has 0 saturated carbocycles. The number of imidazole rings is 1. The van der Waals surface area contributed by atoms with Crippen molar-refractivity contribution in [3.05, 3.63) is 73.3 Å². The lowest BCUT2D eigenvalue weighted by atomic mass is 10.0. The number of aryl methyl sites for hydroxylation is 1. The molecule has 1 saturated heterocycles. The Balaban J connectivity index is 1.47. The third-order valence-electron chi connectivity index (χ3n) is 5.95. The number of anilines is 1. The minimum atomic E-state index is -0.142. The van der Waals surface area contributed by atoms with Crippen LogP contribution in [0.15, 0.2) is 67.6 Å². The zero-order chi connectivity index (χ0) is 22.9. The lowest BCUT2D eigenvalue weighted by Crippen LogP contribution is -2.59. The second-order valence-corrected chi connectivity index (χ2v) is 8.02. The Kier molecular flexibility index (Phi) is 5.15. The first-order chi connectivity index (χ1) is 16.1. The molecular weight excluding hydrogens is 414 g/mol. The van der Waals surface area contributed by atoms with Gasteiger partial charge in [-0.05, 0) is 48.4 Å². The van der Waals surface area contributed by atoms with E-state index in [1.165, 1.54) is 6.08 Å². The average Bonchev–Trinajstić information content (AvgIpc) is 3.47. The Labute approximate surface area is 191 Å². The van der Waals surface area contributed by atoms with Crippen molar-refractivity contribution in [2.24, 2.45) is 0 Å². The van der Waals surface area contributed by atoms with E-state index in [0.717, 1.165) is 53.4 Å². The van der Waals surface area contributed by atoms with Crippen LogP contribution in [0.1, 0.15) is 12.6 Å². The van der Waals surface area contributed by atoms with E-state index in [2.05, 4.69) is 70.2 Å². The van der Waals surface area contributed by atoms with Crippen LogP contribution in [0.5, 0.6) is 0 Å². The van der Waals surface area contributed by atoms with Crippen molar-refractivity contribution in [3.63, 3.8) is 0 Å². The van der Waals surface area contributed by atoms with Crippen LogP contribution < -0.4 is 10.2 Å². The number of hydrogen-bond donors (Lipinski definition) is 1. The molecule has 3 aromatic heterocycles. The van der Waals surface area contributed by atoms with Gasteiger partial charge in [0.25, 0.3) is 0 Å². The molecule has 1 N–H and O–H groups in total. The number of amides is 1. The number of nitriles is 1. The molecule has 8 heteroatoms. The van der Waals surface area contributed by atoms with Crippen LogP contribution in [0, 0.1) is 11.3 Å². The van der Waals surface area contributed by atoms with Crippen molar-refractivity contribution in [2.45, 2.75) is 19.5 Å². The summed E-state index contributed by atoms with van der Waals surface area (Å²) >= 11 is 0. The fourth-order valence-corrected chi connectivity index (χ4v) is 4.14. The van der Waals surface area contributed by atoms with E-state index < -0.39 is 0 Å². The van der Waals surface area contributed by atoms with Crippen molar-refractivity contribution in [2.75, 3.05) is 18.0 Å². The van der Waals surface area contributed by atoms with E-state index >= 15 is 0 Å². The molecule has 0 aliphatic carbocycles. The van der Waals surface area contributed by atoms with Gasteiger partial charge < -0.3 is 10.2 Å². The molecule has 164 valence electrons. The number of carbonyl (C=O) groups is 1. The number of fused-ring (bicyclic) bond motifs is 1. The highest BCUT2D eigenvalue weighted by Crippen LogP contribution is 2.31. The average molecular weight is 438 g/mol. The highest BCUT2D eigenvalue weighted by atomic mass is 16.1. The Morgan fingerprint density at radius 1 is 1.21 bits per heavy atom. The summed E-state index contributed by atoms with van der Waals surface area (Å²) in [5, 5.41) is 16.9. The van der Waals surface area contributed by atoms with Crippen molar-refractivity contribution in [1.82, 2.24) is 24.5 Å². The van der Waals surface area contributed by atoms with Gasteiger partial charge in [0.2, 0.25) is 5.91 Å². The molecular formula is C25H23N7O. The van der Waals surface area contributed by atoms with Crippen LogP contribution in [0.2, 0.25) is 0 Å². The van der Waals surface area contributed by atoms with Crippen molar-refractivity contribution >= 4 is 17.2 Å². The molecule has 0 unspecified atom stereocenters. The first-order valence-corrected chi connectivity index (χ1v) is 10.8. The van der Waals surface area contributed by atoms with Gasteiger partial charge in [-0.25, -0.2) is 4.98 Å². The van der Waals surface area contributed by atoms with Crippen LogP contribution in [-0.2, 0) is 11.3 Å². The summed E-state index contributed by atoms with van der Waals surface area (Å²) in [6.07, 6.45) is 6.76. The number of pyridine rings is 1. The number of carbonyl (C=O) groups excluding carboxylic acids is 1. The van der Waals surface area contributed by atoms with Crippen molar-refractivity contribution in [1.29, 1.82) is 5.26 Å². The van der Waals surface area contributed by atoms with E-state index in [1.807, 2.05) is 27.5 Å². The van der Waals surface area contributed by atoms with Gasteiger partial charge in [-0.3, -0.25) is 13.9 Å². The summed E-state index contributed by atoms with van der Waals surface area (Å²) < 4.78 is 3.77. The quantitative estimate of drug-likeness (QED) is 0.468. The standard InChI is InChI=1S/C25H23N7O/c1-3-25(33)29-20-15-30(16-20)21-7-5-17(6-8-21)23-9-18(19-12-28-31(4-2)14-19)10-24-27-13-22(11-26)32(23)24/h3,5-10,12-14,20H,1,4,15-16H2,2H3,(H,29,33). The monoisotopic (exact) mass is 437 g/mol. The first-order valence-electron chi connectivity index (χ1n) is 10.8. The molecule has 4 heterocycles. The van der Waals surface area contributed by atoms with Gasteiger partial charge in [-0.2, -0.15) is 10.4 Å². The zero-order valence-electron chi connectivity index (χ0n) is 18.3.